The number of aryl methyl sites for hydroxylation is 3. The van der Waals surface area contributed by atoms with E-state index in [1.54, 1.807) is 17.4 Å². The highest BCUT2D eigenvalue weighted by Crippen LogP contribution is 2.36. The minimum Gasteiger partial charge on any atom is -0.337 e. The maximum atomic E-state index is 13.3. The minimum absolute atomic E-state index is 0.0523. The smallest absolute Gasteiger partial charge is 0.260 e. The van der Waals surface area contributed by atoms with Gasteiger partial charge in [-0.2, -0.15) is 0 Å². The maximum Gasteiger partial charge on any atom is 0.260 e. The standard InChI is InChI=1S/C22H21ClN4OS/c1-15-4-7-17(8-5-15)21(28)27(12-3-11-26-13-10-24-14-26)22-25-19-16(2)6-9-18(23)20(19)29-22/h4-10,13-14H,3,11-12H2,1-2H3. The average molecular weight is 425 g/mol. The molecule has 2 heterocycles. The van der Waals surface area contributed by atoms with Crippen molar-refractivity contribution in [2.24, 2.45) is 0 Å². The average Bonchev–Trinajstić information content (AvgIpc) is 3.39. The molecular weight excluding hydrogens is 404 g/mol. The SMILES string of the molecule is Cc1ccc(C(=O)N(CCCn2ccnc2)c2nc3c(C)ccc(Cl)c3s2)cc1. The topological polar surface area (TPSA) is 51.0 Å². The van der Waals surface area contributed by atoms with E-state index in [1.807, 2.05) is 61.0 Å². The van der Waals surface area contributed by atoms with Crippen molar-refractivity contribution in [3.63, 3.8) is 0 Å². The third-order valence-corrected chi connectivity index (χ3v) is 6.36. The van der Waals surface area contributed by atoms with Gasteiger partial charge < -0.3 is 4.57 Å². The van der Waals surface area contributed by atoms with Gasteiger partial charge in [-0.1, -0.05) is 46.7 Å². The second kappa shape index (κ2) is 8.35. The molecule has 2 aromatic carbocycles. The molecule has 29 heavy (non-hydrogen) atoms. The molecule has 0 saturated carbocycles. The number of hydrogen-bond donors (Lipinski definition) is 0. The molecule has 5 nitrogen and oxygen atoms in total. The van der Waals surface area contributed by atoms with E-state index in [1.165, 1.54) is 11.3 Å². The van der Waals surface area contributed by atoms with E-state index in [0.717, 1.165) is 34.3 Å². The van der Waals surface area contributed by atoms with Gasteiger partial charge in [-0.15, -0.1) is 0 Å². The molecule has 0 radical (unpaired) electrons. The van der Waals surface area contributed by atoms with Crippen LogP contribution < -0.4 is 4.90 Å². The van der Waals surface area contributed by atoms with Crippen molar-refractivity contribution < 1.29 is 4.79 Å². The highest BCUT2D eigenvalue weighted by atomic mass is 35.5. The number of imidazole rings is 1. The van der Waals surface area contributed by atoms with Crippen LogP contribution in [0.2, 0.25) is 5.02 Å². The van der Waals surface area contributed by atoms with Gasteiger partial charge in [-0.25, -0.2) is 9.97 Å². The number of benzene rings is 2. The summed E-state index contributed by atoms with van der Waals surface area (Å²) in [6, 6.07) is 11.5. The fourth-order valence-electron chi connectivity index (χ4n) is 3.17. The highest BCUT2D eigenvalue weighted by molar-refractivity contribution is 7.23. The fraction of sp³-hybridized carbons (Fsp3) is 0.227. The van der Waals surface area contributed by atoms with Crippen LogP contribution in [0.3, 0.4) is 0 Å². The molecule has 4 aromatic rings. The first-order valence-corrected chi connectivity index (χ1v) is 10.6. The number of nitrogens with zero attached hydrogens (tertiary/aromatic N) is 4. The summed E-state index contributed by atoms with van der Waals surface area (Å²) in [5.41, 5.74) is 3.68. The number of fused-ring (bicyclic) bond motifs is 1. The van der Waals surface area contributed by atoms with Crippen LogP contribution in [-0.2, 0) is 6.54 Å². The predicted molar refractivity (Wildman–Crippen MR) is 119 cm³/mol. The van der Waals surface area contributed by atoms with Crippen LogP contribution in [0.5, 0.6) is 0 Å². The lowest BCUT2D eigenvalue weighted by Gasteiger charge is -2.20. The lowest BCUT2D eigenvalue weighted by Crippen LogP contribution is -2.32. The molecule has 0 aliphatic heterocycles. The third-order valence-electron chi connectivity index (χ3n) is 4.82. The Morgan fingerprint density at radius 2 is 1.97 bits per heavy atom. The lowest BCUT2D eigenvalue weighted by molar-refractivity contribution is 0.0986. The Morgan fingerprint density at radius 3 is 2.66 bits per heavy atom. The van der Waals surface area contributed by atoms with Gasteiger partial charge in [-0.3, -0.25) is 9.69 Å². The zero-order chi connectivity index (χ0) is 20.4. The number of carbonyl (C=O) groups is 1. The number of aromatic nitrogens is 3. The molecule has 4 rings (SSSR count). The summed E-state index contributed by atoms with van der Waals surface area (Å²) in [6.45, 7) is 5.35. The second-order valence-electron chi connectivity index (χ2n) is 7.02. The van der Waals surface area contributed by atoms with Crippen molar-refractivity contribution in [3.05, 3.63) is 76.8 Å². The van der Waals surface area contributed by atoms with Crippen molar-refractivity contribution in [3.8, 4) is 0 Å². The van der Waals surface area contributed by atoms with E-state index in [-0.39, 0.29) is 5.91 Å². The normalized spacial score (nSPS) is 11.1. The second-order valence-corrected chi connectivity index (χ2v) is 8.40. The Balaban J connectivity index is 1.67. The molecular formula is C22H21ClN4OS. The first-order valence-electron chi connectivity index (χ1n) is 9.43. The van der Waals surface area contributed by atoms with Crippen molar-refractivity contribution in [1.82, 2.24) is 14.5 Å². The van der Waals surface area contributed by atoms with Crippen LogP contribution in [0.15, 0.2) is 55.1 Å². The predicted octanol–water partition coefficient (Wildman–Crippen LogP) is 5.50. The van der Waals surface area contributed by atoms with Crippen molar-refractivity contribution >= 4 is 44.2 Å². The van der Waals surface area contributed by atoms with Crippen LogP contribution in [0.1, 0.15) is 27.9 Å². The molecule has 0 atom stereocenters. The molecule has 7 heteroatoms. The van der Waals surface area contributed by atoms with Gasteiger partial charge >= 0.3 is 0 Å². The molecule has 0 N–H and O–H groups in total. The number of anilines is 1. The largest absolute Gasteiger partial charge is 0.337 e. The van der Waals surface area contributed by atoms with E-state index in [9.17, 15) is 4.79 Å². The molecule has 0 aliphatic carbocycles. The summed E-state index contributed by atoms with van der Waals surface area (Å²) >= 11 is 7.85. The van der Waals surface area contributed by atoms with E-state index < -0.39 is 0 Å². The van der Waals surface area contributed by atoms with Gasteiger partial charge in [0.05, 0.1) is 21.6 Å². The van der Waals surface area contributed by atoms with E-state index in [2.05, 4.69) is 4.98 Å². The summed E-state index contributed by atoms with van der Waals surface area (Å²) in [7, 11) is 0. The lowest BCUT2D eigenvalue weighted by atomic mass is 10.1. The zero-order valence-electron chi connectivity index (χ0n) is 16.3. The van der Waals surface area contributed by atoms with Gasteiger partial charge in [0, 0.05) is 31.0 Å². The highest BCUT2D eigenvalue weighted by Gasteiger charge is 2.22. The van der Waals surface area contributed by atoms with Crippen LogP contribution >= 0.6 is 22.9 Å². The molecule has 0 spiro atoms. The van der Waals surface area contributed by atoms with E-state index in [4.69, 9.17) is 16.6 Å². The fourth-order valence-corrected chi connectivity index (χ4v) is 4.51. The summed E-state index contributed by atoms with van der Waals surface area (Å²) in [5.74, 6) is -0.0523. The number of carbonyl (C=O) groups excluding carboxylic acids is 1. The molecule has 0 aliphatic rings. The van der Waals surface area contributed by atoms with Crippen LogP contribution in [0.4, 0.5) is 5.13 Å². The van der Waals surface area contributed by atoms with Crippen molar-refractivity contribution in [1.29, 1.82) is 0 Å². The Hall–Kier alpha value is -2.70. The number of rotatable bonds is 6. The first kappa shape index (κ1) is 19.6. The van der Waals surface area contributed by atoms with Gasteiger partial charge in [0.25, 0.3) is 5.91 Å². The van der Waals surface area contributed by atoms with E-state index in [0.29, 0.717) is 22.3 Å². The van der Waals surface area contributed by atoms with Gasteiger partial charge in [0.2, 0.25) is 0 Å². The zero-order valence-corrected chi connectivity index (χ0v) is 17.9. The van der Waals surface area contributed by atoms with E-state index >= 15 is 0 Å². The van der Waals surface area contributed by atoms with Crippen molar-refractivity contribution in [2.45, 2.75) is 26.8 Å². The minimum atomic E-state index is -0.0523. The first-order chi connectivity index (χ1) is 14.0. The van der Waals surface area contributed by atoms with Gasteiger partial charge in [0.1, 0.15) is 0 Å². The molecule has 0 saturated heterocycles. The third kappa shape index (κ3) is 4.18. The Kier molecular flexibility index (Phi) is 5.65. The summed E-state index contributed by atoms with van der Waals surface area (Å²) in [5, 5.41) is 1.34. The Bertz CT molecular complexity index is 1100. The van der Waals surface area contributed by atoms with Crippen LogP contribution in [-0.4, -0.2) is 27.0 Å². The maximum absolute atomic E-state index is 13.3. The number of halogens is 1. The Labute approximate surface area is 178 Å². The van der Waals surface area contributed by atoms with Crippen LogP contribution in [0, 0.1) is 13.8 Å². The molecule has 148 valence electrons. The summed E-state index contributed by atoms with van der Waals surface area (Å²) in [4.78, 5) is 23.9. The van der Waals surface area contributed by atoms with Crippen LogP contribution in [0.25, 0.3) is 10.2 Å². The molecule has 2 aromatic heterocycles. The van der Waals surface area contributed by atoms with Gasteiger partial charge in [0.15, 0.2) is 5.13 Å². The molecule has 0 unspecified atom stereocenters. The quantitative estimate of drug-likeness (QED) is 0.410. The number of amides is 1. The van der Waals surface area contributed by atoms with Crippen molar-refractivity contribution in [2.75, 3.05) is 11.4 Å². The Morgan fingerprint density at radius 1 is 1.17 bits per heavy atom. The molecule has 0 fully saturated rings. The number of hydrogen-bond acceptors (Lipinski definition) is 4. The number of thiazole rings is 1. The molecule has 1 amide bonds. The summed E-state index contributed by atoms with van der Waals surface area (Å²) < 4.78 is 2.92. The monoisotopic (exact) mass is 424 g/mol. The van der Waals surface area contributed by atoms with Gasteiger partial charge in [-0.05, 0) is 44.0 Å². The molecule has 0 bridgehead atoms. The summed E-state index contributed by atoms with van der Waals surface area (Å²) in [6.07, 6.45) is 6.25.